The quantitative estimate of drug-likeness (QED) is 0.798. The smallest absolute Gasteiger partial charge is 0.410 e. The largest absolute Gasteiger partial charge is 0.445 e. The second-order valence-corrected chi connectivity index (χ2v) is 7.13. The van der Waals surface area contributed by atoms with Crippen molar-refractivity contribution in [2.45, 2.75) is 60.2 Å². The number of likely N-dealkylation sites (tertiary alicyclic amines) is 1. The van der Waals surface area contributed by atoms with E-state index < -0.39 is 6.09 Å². The fourth-order valence-electron chi connectivity index (χ4n) is 2.22. The molecular weight excluding hydrogens is 344 g/mol. The van der Waals surface area contributed by atoms with E-state index in [2.05, 4.69) is 12.2 Å². The molecule has 1 saturated heterocycles. The van der Waals surface area contributed by atoms with Crippen molar-refractivity contribution in [3.63, 3.8) is 0 Å². The number of amides is 2. The Bertz CT molecular complexity index is 541. The number of rotatable bonds is 2. The van der Waals surface area contributed by atoms with Gasteiger partial charge < -0.3 is 19.7 Å². The van der Waals surface area contributed by atoms with Crippen molar-refractivity contribution < 1.29 is 19.1 Å². The second kappa shape index (κ2) is 13.0. The summed E-state index contributed by atoms with van der Waals surface area (Å²) >= 11 is 0. The molecule has 6 heteroatoms. The first-order valence-electron chi connectivity index (χ1n) is 9.57. The molecule has 0 bridgehead atoms. The van der Waals surface area contributed by atoms with Crippen molar-refractivity contribution in [1.82, 2.24) is 10.2 Å². The Morgan fingerprint density at radius 3 is 2.22 bits per heavy atom. The molecule has 1 heterocycles. The van der Waals surface area contributed by atoms with E-state index in [1.165, 1.54) is 7.05 Å². The van der Waals surface area contributed by atoms with Crippen LogP contribution in [0.2, 0.25) is 0 Å². The molecule has 0 saturated carbocycles. The van der Waals surface area contributed by atoms with Crippen LogP contribution in [0.1, 0.15) is 53.5 Å². The van der Waals surface area contributed by atoms with Gasteiger partial charge in [0.15, 0.2) is 0 Å². The van der Waals surface area contributed by atoms with Crippen LogP contribution >= 0.6 is 0 Å². The number of carbonyl (C=O) groups excluding carboxylic acids is 2. The first-order valence-corrected chi connectivity index (χ1v) is 9.57. The van der Waals surface area contributed by atoms with Gasteiger partial charge in [0, 0.05) is 20.1 Å². The standard InChI is InChI=1S/C10H19NO2.C9H11NO2.C2H6/c1-8-5-6-11(7-8)9(12)13-10(2,3)4;1-10-9(11)12-7-8-5-3-2-4-6-8;1-2/h8H,5-7H2,1-4H3;2-6H,7H2,1H3,(H,10,11);1-2H3. The van der Waals surface area contributed by atoms with E-state index in [0.717, 1.165) is 25.1 Å². The van der Waals surface area contributed by atoms with Gasteiger partial charge in [0.25, 0.3) is 0 Å². The fraction of sp³-hybridized carbons (Fsp3) is 0.619. The van der Waals surface area contributed by atoms with E-state index in [0.29, 0.717) is 12.5 Å². The minimum Gasteiger partial charge on any atom is -0.445 e. The van der Waals surface area contributed by atoms with Crippen molar-refractivity contribution in [2.24, 2.45) is 5.92 Å². The molecule has 27 heavy (non-hydrogen) atoms. The maximum atomic E-state index is 11.5. The van der Waals surface area contributed by atoms with Crippen LogP contribution in [0, 0.1) is 5.92 Å². The summed E-state index contributed by atoms with van der Waals surface area (Å²) in [6.45, 7) is 13.8. The van der Waals surface area contributed by atoms with Crippen LogP contribution < -0.4 is 5.32 Å². The Morgan fingerprint density at radius 1 is 1.19 bits per heavy atom. The average Bonchev–Trinajstić information content (AvgIpc) is 3.08. The minimum atomic E-state index is -0.404. The highest BCUT2D eigenvalue weighted by molar-refractivity contribution is 5.68. The van der Waals surface area contributed by atoms with Gasteiger partial charge in [0.05, 0.1) is 0 Å². The predicted molar refractivity (Wildman–Crippen MR) is 109 cm³/mol. The van der Waals surface area contributed by atoms with Crippen LogP contribution in [0.3, 0.4) is 0 Å². The Morgan fingerprint density at radius 2 is 1.78 bits per heavy atom. The molecule has 1 atom stereocenters. The second-order valence-electron chi connectivity index (χ2n) is 7.13. The molecule has 1 unspecified atom stereocenters. The summed E-state index contributed by atoms with van der Waals surface area (Å²) in [5.41, 5.74) is 0.615. The van der Waals surface area contributed by atoms with E-state index in [1.54, 1.807) is 4.90 Å². The number of hydrogen-bond acceptors (Lipinski definition) is 4. The van der Waals surface area contributed by atoms with E-state index in [1.807, 2.05) is 65.0 Å². The highest BCUT2D eigenvalue weighted by atomic mass is 16.6. The van der Waals surface area contributed by atoms with Crippen molar-refractivity contribution in [3.05, 3.63) is 35.9 Å². The van der Waals surface area contributed by atoms with Crippen LogP contribution in [0.5, 0.6) is 0 Å². The summed E-state index contributed by atoms with van der Waals surface area (Å²) in [5.74, 6) is 0.618. The van der Waals surface area contributed by atoms with Crippen molar-refractivity contribution >= 4 is 12.2 Å². The zero-order valence-electron chi connectivity index (χ0n) is 17.9. The number of ether oxygens (including phenoxy) is 2. The van der Waals surface area contributed by atoms with Crippen molar-refractivity contribution in [1.29, 1.82) is 0 Å². The van der Waals surface area contributed by atoms with Gasteiger partial charge in [0.1, 0.15) is 12.2 Å². The Labute approximate surface area is 164 Å². The highest BCUT2D eigenvalue weighted by Crippen LogP contribution is 2.18. The minimum absolute atomic E-state index is 0.170. The van der Waals surface area contributed by atoms with E-state index in [-0.39, 0.29) is 11.7 Å². The molecule has 1 aliphatic rings. The number of hydrogen-bond donors (Lipinski definition) is 1. The molecule has 1 aliphatic heterocycles. The molecule has 1 N–H and O–H groups in total. The SMILES string of the molecule is CC.CC1CCN(C(=O)OC(C)(C)C)C1.CNC(=O)OCc1ccccc1. The van der Waals surface area contributed by atoms with Gasteiger partial charge in [0.2, 0.25) is 0 Å². The number of alkyl carbamates (subject to hydrolysis) is 1. The molecule has 0 radical (unpaired) electrons. The Balaban J connectivity index is 0.000000460. The third-order valence-electron chi connectivity index (χ3n) is 3.49. The molecule has 1 aromatic rings. The molecular formula is C21H36N2O4. The zero-order valence-corrected chi connectivity index (χ0v) is 17.9. The summed E-state index contributed by atoms with van der Waals surface area (Å²) in [7, 11) is 1.54. The van der Waals surface area contributed by atoms with Crippen LogP contribution in [0.15, 0.2) is 30.3 Å². The molecule has 1 aromatic carbocycles. The van der Waals surface area contributed by atoms with Crippen LogP contribution in [-0.2, 0) is 16.1 Å². The van der Waals surface area contributed by atoms with Gasteiger partial charge in [-0.05, 0) is 38.7 Å². The lowest BCUT2D eigenvalue weighted by atomic mass is 10.2. The highest BCUT2D eigenvalue weighted by Gasteiger charge is 2.27. The number of nitrogens with one attached hydrogen (secondary N) is 1. The fourth-order valence-corrected chi connectivity index (χ4v) is 2.22. The number of nitrogens with zero attached hydrogens (tertiary/aromatic N) is 1. The number of carbonyl (C=O) groups is 2. The van der Waals surface area contributed by atoms with E-state index in [4.69, 9.17) is 9.47 Å². The normalized spacial score (nSPS) is 15.5. The zero-order chi connectivity index (χ0) is 20.9. The lowest BCUT2D eigenvalue weighted by Crippen LogP contribution is -2.35. The summed E-state index contributed by atoms with van der Waals surface area (Å²) in [6, 6.07) is 9.54. The van der Waals surface area contributed by atoms with Crippen LogP contribution in [-0.4, -0.2) is 42.8 Å². The molecule has 154 valence electrons. The van der Waals surface area contributed by atoms with E-state index >= 15 is 0 Å². The first-order chi connectivity index (χ1) is 12.7. The van der Waals surface area contributed by atoms with Crippen molar-refractivity contribution in [3.8, 4) is 0 Å². The average molecular weight is 381 g/mol. The summed E-state index contributed by atoms with van der Waals surface area (Å²) < 4.78 is 10.1. The molecule has 6 nitrogen and oxygen atoms in total. The monoisotopic (exact) mass is 380 g/mol. The van der Waals surface area contributed by atoms with Crippen molar-refractivity contribution in [2.75, 3.05) is 20.1 Å². The predicted octanol–water partition coefficient (Wildman–Crippen LogP) is 4.83. The lowest BCUT2D eigenvalue weighted by Gasteiger charge is -2.24. The molecule has 2 amide bonds. The molecule has 0 aliphatic carbocycles. The third kappa shape index (κ3) is 11.9. The van der Waals surface area contributed by atoms with Gasteiger partial charge >= 0.3 is 12.2 Å². The third-order valence-corrected chi connectivity index (χ3v) is 3.49. The van der Waals surface area contributed by atoms with Gasteiger partial charge in [-0.1, -0.05) is 51.1 Å². The Hall–Kier alpha value is -2.24. The molecule has 0 spiro atoms. The molecule has 2 rings (SSSR count). The summed E-state index contributed by atoms with van der Waals surface area (Å²) in [4.78, 5) is 23.9. The Kier molecular flexibility index (Phi) is 11.9. The van der Waals surface area contributed by atoms with Gasteiger partial charge in [-0.25, -0.2) is 9.59 Å². The molecule has 0 aromatic heterocycles. The molecule has 1 fully saturated rings. The summed E-state index contributed by atoms with van der Waals surface area (Å²) in [6.07, 6.45) is 0.523. The summed E-state index contributed by atoms with van der Waals surface area (Å²) in [5, 5.41) is 2.37. The maximum Gasteiger partial charge on any atom is 0.410 e. The van der Waals surface area contributed by atoms with Gasteiger partial charge in [-0.15, -0.1) is 0 Å². The maximum absolute atomic E-state index is 11.5. The van der Waals surface area contributed by atoms with E-state index in [9.17, 15) is 9.59 Å². The number of benzene rings is 1. The first kappa shape index (κ1) is 24.8. The van der Waals surface area contributed by atoms with Gasteiger partial charge in [-0.3, -0.25) is 0 Å². The van der Waals surface area contributed by atoms with Crippen LogP contribution in [0.4, 0.5) is 9.59 Å². The van der Waals surface area contributed by atoms with Gasteiger partial charge in [-0.2, -0.15) is 0 Å². The lowest BCUT2D eigenvalue weighted by molar-refractivity contribution is 0.0289. The van der Waals surface area contributed by atoms with Crippen LogP contribution in [0.25, 0.3) is 0 Å². The topological polar surface area (TPSA) is 67.9 Å².